The van der Waals surface area contributed by atoms with Crippen molar-refractivity contribution in [3.8, 4) is 0 Å². The summed E-state index contributed by atoms with van der Waals surface area (Å²) in [5.74, 6) is 1.68. The molecule has 0 aromatic heterocycles. The van der Waals surface area contributed by atoms with Crippen molar-refractivity contribution in [2.24, 2.45) is 11.8 Å². The van der Waals surface area contributed by atoms with E-state index in [1.54, 1.807) is 0 Å². The van der Waals surface area contributed by atoms with Gasteiger partial charge in [-0.3, -0.25) is 0 Å². The van der Waals surface area contributed by atoms with Crippen LogP contribution >= 0.6 is 11.6 Å². The molecular formula is C17H26ClN. The normalized spacial score (nSPS) is 17.8. The first kappa shape index (κ1) is 14.9. The minimum Gasteiger partial charge on any atom is -0.317 e. The van der Waals surface area contributed by atoms with Gasteiger partial charge in [0, 0.05) is 5.02 Å². The number of benzene rings is 1. The molecule has 0 spiro atoms. The molecule has 0 radical (unpaired) electrons. The standard InChI is InChI=1S/C17H26ClN/c1-2-19-13-15(11-14-7-3-4-8-14)12-16-9-5-6-10-17(16)18/h5-6,9-10,14-15,19H,2-4,7-8,11-13H2,1H3. The summed E-state index contributed by atoms with van der Waals surface area (Å²) in [6.45, 7) is 4.37. The van der Waals surface area contributed by atoms with Gasteiger partial charge >= 0.3 is 0 Å². The fraction of sp³-hybridized carbons (Fsp3) is 0.647. The van der Waals surface area contributed by atoms with E-state index < -0.39 is 0 Å². The van der Waals surface area contributed by atoms with Crippen LogP contribution in [-0.2, 0) is 6.42 Å². The molecule has 0 heterocycles. The Balaban J connectivity index is 1.94. The lowest BCUT2D eigenvalue weighted by Gasteiger charge is -2.21. The monoisotopic (exact) mass is 279 g/mol. The molecule has 2 rings (SSSR count). The Morgan fingerprint density at radius 1 is 1.26 bits per heavy atom. The van der Waals surface area contributed by atoms with Crippen LogP contribution in [0.15, 0.2) is 24.3 Å². The van der Waals surface area contributed by atoms with Crippen molar-refractivity contribution in [3.05, 3.63) is 34.9 Å². The zero-order chi connectivity index (χ0) is 13.5. The van der Waals surface area contributed by atoms with Crippen LogP contribution in [0.5, 0.6) is 0 Å². The molecule has 1 atom stereocenters. The van der Waals surface area contributed by atoms with Crippen LogP contribution in [0.1, 0.15) is 44.6 Å². The van der Waals surface area contributed by atoms with Crippen LogP contribution in [0.25, 0.3) is 0 Å². The van der Waals surface area contributed by atoms with Gasteiger partial charge in [0.1, 0.15) is 0 Å². The lowest BCUT2D eigenvalue weighted by atomic mass is 9.88. The molecule has 1 fully saturated rings. The summed E-state index contributed by atoms with van der Waals surface area (Å²) in [6, 6.07) is 8.30. The Morgan fingerprint density at radius 2 is 2.00 bits per heavy atom. The summed E-state index contributed by atoms with van der Waals surface area (Å²) in [5.41, 5.74) is 1.31. The highest BCUT2D eigenvalue weighted by atomic mass is 35.5. The molecule has 1 aromatic rings. The van der Waals surface area contributed by atoms with Gasteiger partial charge in [-0.15, -0.1) is 0 Å². The van der Waals surface area contributed by atoms with E-state index in [1.165, 1.54) is 37.7 Å². The Morgan fingerprint density at radius 3 is 2.68 bits per heavy atom. The molecule has 1 aromatic carbocycles. The predicted octanol–water partition coefficient (Wildman–Crippen LogP) is 4.69. The molecule has 1 saturated carbocycles. The third-order valence-electron chi connectivity index (χ3n) is 4.29. The van der Waals surface area contributed by atoms with Crippen molar-refractivity contribution in [1.29, 1.82) is 0 Å². The Labute approximate surface area is 122 Å². The lowest BCUT2D eigenvalue weighted by Crippen LogP contribution is -2.25. The van der Waals surface area contributed by atoms with Crippen LogP contribution in [0.3, 0.4) is 0 Å². The first-order valence-corrected chi connectivity index (χ1v) is 8.11. The highest BCUT2D eigenvalue weighted by Gasteiger charge is 2.20. The zero-order valence-electron chi connectivity index (χ0n) is 12.0. The number of nitrogens with one attached hydrogen (secondary N) is 1. The summed E-state index contributed by atoms with van der Waals surface area (Å²) >= 11 is 6.30. The molecule has 1 aliphatic rings. The van der Waals surface area contributed by atoms with Crippen LogP contribution in [-0.4, -0.2) is 13.1 Å². The van der Waals surface area contributed by atoms with Crippen molar-refractivity contribution in [2.45, 2.75) is 45.4 Å². The van der Waals surface area contributed by atoms with Gasteiger partial charge in [0.25, 0.3) is 0 Å². The Hall–Kier alpha value is -0.530. The average molecular weight is 280 g/mol. The van der Waals surface area contributed by atoms with Crippen molar-refractivity contribution >= 4 is 11.6 Å². The van der Waals surface area contributed by atoms with Gasteiger partial charge in [0.2, 0.25) is 0 Å². The fourth-order valence-electron chi connectivity index (χ4n) is 3.28. The quantitative estimate of drug-likeness (QED) is 0.764. The van der Waals surface area contributed by atoms with Gasteiger partial charge in [-0.25, -0.2) is 0 Å². The van der Waals surface area contributed by atoms with Gasteiger partial charge in [-0.05, 0) is 49.4 Å². The second-order valence-corrected chi connectivity index (χ2v) is 6.26. The van der Waals surface area contributed by atoms with E-state index in [4.69, 9.17) is 11.6 Å². The van der Waals surface area contributed by atoms with Gasteiger partial charge in [0.05, 0.1) is 0 Å². The van der Waals surface area contributed by atoms with E-state index in [2.05, 4.69) is 24.4 Å². The van der Waals surface area contributed by atoms with Gasteiger partial charge in [-0.1, -0.05) is 62.4 Å². The molecule has 1 aliphatic carbocycles. The van der Waals surface area contributed by atoms with Gasteiger partial charge in [-0.2, -0.15) is 0 Å². The van der Waals surface area contributed by atoms with E-state index >= 15 is 0 Å². The third kappa shape index (κ3) is 4.81. The lowest BCUT2D eigenvalue weighted by molar-refractivity contribution is 0.359. The van der Waals surface area contributed by atoms with Crippen molar-refractivity contribution in [1.82, 2.24) is 5.32 Å². The second-order valence-electron chi connectivity index (χ2n) is 5.86. The zero-order valence-corrected chi connectivity index (χ0v) is 12.8. The van der Waals surface area contributed by atoms with E-state index in [1.807, 2.05) is 12.1 Å². The maximum atomic E-state index is 6.30. The predicted molar refractivity (Wildman–Crippen MR) is 83.8 cm³/mol. The molecular weight excluding hydrogens is 254 g/mol. The maximum absolute atomic E-state index is 6.30. The molecule has 2 heteroatoms. The molecule has 0 bridgehead atoms. The molecule has 1 unspecified atom stereocenters. The molecule has 19 heavy (non-hydrogen) atoms. The second kappa shape index (κ2) is 7.91. The average Bonchev–Trinajstić information content (AvgIpc) is 2.91. The van der Waals surface area contributed by atoms with Gasteiger partial charge < -0.3 is 5.32 Å². The number of rotatable bonds is 7. The van der Waals surface area contributed by atoms with Crippen LogP contribution < -0.4 is 5.32 Å². The summed E-state index contributed by atoms with van der Waals surface area (Å²) in [4.78, 5) is 0. The van der Waals surface area contributed by atoms with Crippen LogP contribution in [0.2, 0.25) is 5.02 Å². The van der Waals surface area contributed by atoms with E-state index in [-0.39, 0.29) is 0 Å². The number of hydrogen-bond donors (Lipinski definition) is 1. The fourth-order valence-corrected chi connectivity index (χ4v) is 3.49. The molecule has 0 amide bonds. The molecule has 1 nitrogen and oxygen atoms in total. The Bertz CT molecular complexity index is 371. The first-order valence-electron chi connectivity index (χ1n) is 7.73. The first-order chi connectivity index (χ1) is 9.29. The SMILES string of the molecule is CCNCC(Cc1ccccc1Cl)CC1CCCC1. The van der Waals surface area contributed by atoms with E-state index in [0.29, 0.717) is 0 Å². The molecule has 106 valence electrons. The largest absolute Gasteiger partial charge is 0.317 e. The highest BCUT2D eigenvalue weighted by Crippen LogP contribution is 2.32. The molecule has 0 saturated heterocycles. The topological polar surface area (TPSA) is 12.0 Å². The third-order valence-corrected chi connectivity index (χ3v) is 4.66. The summed E-state index contributed by atoms with van der Waals surface area (Å²) < 4.78 is 0. The smallest absolute Gasteiger partial charge is 0.0438 e. The molecule has 1 N–H and O–H groups in total. The Kier molecular flexibility index (Phi) is 6.19. The minimum atomic E-state index is 0.725. The maximum Gasteiger partial charge on any atom is 0.0438 e. The van der Waals surface area contributed by atoms with E-state index in [0.717, 1.165) is 36.4 Å². The van der Waals surface area contributed by atoms with Crippen LogP contribution in [0.4, 0.5) is 0 Å². The van der Waals surface area contributed by atoms with Crippen molar-refractivity contribution in [3.63, 3.8) is 0 Å². The molecule has 0 aliphatic heterocycles. The minimum absolute atomic E-state index is 0.725. The number of halogens is 1. The van der Waals surface area contributed by atoms with Crippen LogP contribution in [0, 0.1) is 11.8 Å². The highest BCUT2D eigenvalue weighted by molar-refractivity contribution is 6.31. The summed E-state index contributed by atoms with van der Waals surface area (Å²) in [5, 5.41) is 4.45. The van der Waals surface area contributed by atoms with Crippen molar-refractivity contribution < 1.29 is 0 Å². The summed E-state index contributed by atoms with van der Waals surface area (Å²) in [7, 11) is 0. The summed E-state index contributed by atoms with van der Waals surface area (Å²) in [6.07, 6.45) is 8.22. The number of hydrogen-bond acceptors (Lipinski definition) is 1. The van der Waals surface area contributed by atoms with Gasteiger partial charge in [0.15, 0.2) is 0 Å². The van der Waals surface area contributed by atoms with E-state index in [9.17, 15) is 0 Å². The van der Waals surface area contributed by atoms with Crippen molar-refractivity contribution in [2.75, 3.05) is 13.1 Å².